The molecular weight excluding hydrogens is 705 g/mol. The maximum absolute atomic E-state index is 10.5. The van der Waals surface area contributed by atoms with Crippen molar-refractivity contribution in [3.05, 3.63) is 53.7 Å². The summed E-state index contributed by atoms with van der Waals surface area (Å²) >= 11 is 0. The lowest BCUT2D eigenvalue weighted by atomic mass is 10.0. The van der Waals surface area contributed by atoms with Crippen LogP contribution in [0.15, 0.2) is 36.8 Å². The number of nitrogens with two attached hydrogens (primary N) is 1. The van der Waals surface area contributed by atoms with Gasteiger partial charge >= 0.3 is 8.60 Å². The van der Waals surface area contributed by atoms with Gasteiger partial charge in [0.2, 0.25) is 0 Å². The van der Waals surface area contributed by atoms with E-state index in [0.29, 0.717) is 37.6 Å². The van der Waals surface area contributed by atoms with Crippen molar-refractivity contribution < 1.29 is 28.2 Å². The number of nitrogen functional groups attached to an aromatic ring is 1. The number of hydrogen-bond donors (Lipinski definition) is 2. The van der Waals surface area contributed by atoms with Gasteiger partial charge in [0.25, 0.3) is 0 Å². The first kappa shape index (κ1) is 46.9. The van der Waals surface area contributed by atoms with E-state index in [9.17, 15) is 4.89 Å². The van der Waals surface area contributed by atoms with Crippen LogP contribution in [0.3, 0.4) is 0 Å². The molecule has 3 heterocycles. The van der Waals surface area contributed by atoms with Crippen LogP contribution in [0.5, 0.6) is 0 Å². The van der Waals surface area contributed by atoms with Gasteiger partial charge in [0.15, 0.2) is 5.82 Å². The molecule has 0 saturated carbocycles. The first-order chi connectivity index (χ1) is 26.5. The molecule has 3 rings (SSSR count). The Kier molecular flexibility index (Phi) is 26.9. The van der Waals surface area contributed by atoms with Gasteiger partial charge in [-0.2, -0.15) is 10.4 Å². The fourth-order valence-electron chi connectivity index (χ4n) is 6.01. The predicted molar refractivity (Wildman–Crippen MR) is 212 cm³/mol. The van der Waals surface area contributed by atoms with Crippen molar-refractivity contribution >= 4 is 19.9 Å². The summed E-state index contributed by atoms with van der Waals surface area (Å²) in [5, 5.41) is 19.8. The Hall–Kier alpha value is -3.26. The van der Waals surface area contributed by atoms with Crippen LogP contribution in [0.4, 0.5) is 5.82 Å². The van der Waals surface area contributed by atoms with Crippen molar-refractivity contribution in [3.8, 4) is 12.6 Å². The zero-order valence-corrected chi connectivity index (χ0v) is 33.6. The van der Waals surface area contributed by atoms with Crippen LogP contribution in [0.2, 0.25) is 0 Å². The summed E-state index contributed by atoms with van der Waals surface area (Å²) in [5.74, 6) is 0.428. The average Bonchev–Trinajstić information content (AvgIpc) is 3.63. The predicted octanol–water partition coefficient (Wildman–Crippen LogP) is 8.78. The van der Waals surface area contributed by atoms with Crippen LogP contribution in [0.1, 0.15) is 133 Å². The molecule has 0 aromatic carbocycles. The molecule has 0 radical (unpaired) electrons. The fourth-order valence-corrected chi connectivity index (χ4v) is 6.67. The molecule has 3 aromatic rings. The second-order valence-corrected chi connectivity index (χ2v) is 14.5. The highest BCUT2D eigenvalue weighted by Crippen LogP contribution is 2.34. The van der Waals surface area contributed by atoms with Crippen molar-refractivity contribution in [3.63, 3.8) is 0 Å². The minimum absolute atomic E-state index is 0.0970. The highest BCUT2D eigenvalue weighted by molar-refractivity contribution is 7.40. The number of fused-ring (bicyclic) bond motifs is 1. The molecule has 300 valence electrons. The second-order valence-electron chi connectivity index (χ2n) is 13.5. The topological polar surface area (TPSA) is 183 Å². The van der Waals surface area contributed by atoms with E-state index in [4.69, 9.17) is 39.5 Å². The minimum atomic E-state index is -2.16. The molecule has 14 heteroatoms. The van der Waals surface area contributed by atoms with E-state index in [1.807, 2.05) is 24.3 Å². The maximum atomic E-state index is 10.5. The fraction of sp³-hybridized carbons (Fsp3) is 0.675. The van der Waals surface area contributed by atoms with Gasteiger partial charge in [-0.15, -0.1) is 0 Å². The molecule has 3 aromatic heterocycles. The smallest absolute Gasteiger partial charge is 0.330 e. The van der Waals surface area contributed by atoms with Gasteiger partial charge in [-0.05, 0) is 43.0 Å². The van der Waals surface area contributed by atoms with E-state index in [0.717, 1.165) is 29.6 Å². The summed E-state index contributed by atoms with van der Waals surface area (Å²) in [6.45, 7) is 7.28. The molecule has 54 heavy (non-hydrogen) atoms. The number of hydrogen-bond acceptors (Lipinski definition) is 12. The van der Waals surface area contributed by atoms with Crippen molar-refractivity contribution in [1.29, 1.82) is 10.5 Å². The van der Waals surface area contributed by atoms with Gasteiger partial charge in [0.1, 0.15) is 29.7 Å². The van der Waals surface area contributed by atoms with Crippen LogP contribution in [-0.4, -0.2) is 70.2 Å². The van der Waals surface area contributed by atoms with Gasteiger partial charge in [-0.1, -0.05) is 109 Å². The molecule has 3 N–H and O–H groups in total. The maximum Gasteiger partial charge on any atom is 0.330 e. The minimum Gasteiger partial charge on any atom is -0.382 e. The summed E-state index contributed by atoms with van der Waals surface area (Å²) in [5.41, 5.74) is 8.87. The Morgan fingerprint density at radius 2 is 1.44 bits per heavy atom. The molecule has 0 aliphatic rings. The standard InChI is InChI=1S/C39H63N6O6P.CHN/c1-3-4-5-6-7-8-9-10-11-12-13-14-15-16-17-18-25-48-29-37(49-28-33-19-20-34(26-40)42-27-33)31-51-52(46)50-30-36(47-2)23-21-35-22-24-38-39(41)43-32-44-45(35)38;1-2/h19-20,22,24,27,32,36-37,46H,3-18,21,23,25,28-31H2,1-2H3,(H2,41,43,44);1H. The Labute approximate surface area is 324 Å². The van der Waals surface area contributed by atoms with E-state index in [2.05, 4.69) is 28.6 Å². The summed E-state index contributed by atoms with van der Waals surface area (Å²) in [6, 6.07) is 9.35. The monoisotopic (exact) mass is 769 g/mol. The van der Waals surface area contributed by atoms with E-state index in [1.165, 1.54) is 96.2 Å². The van der Waals surface area contributed by atoms with E-state index < -0.39 is 14.7 Å². The molecule has 0 bridgehead atoms. The van der Waals surface area contributed by atoms with Crippen molar-refractivity contribution in [2.75, 3.05) is 39.3 Å². The van der Waals surface area contributed by atoms with Gasteiger partial charge in [-0.3, -0.25) is 0 Å². The Balaban J connectivity index is 0.00000495. The van der Waals surface area contributed by atoms with Crippen molar-refractivity contribution in [1.82, 2.24) is 19.6 Å². The van der Waals surface area contributed by atoms with Gasteiger partial charge in [-0.25, -0.2) is 19.7 Å². The normalized spacial score (nSPS) is 12.9. The molecule has 0 aliphatic heterocycles. The summed E-state index contributed by atoms with van der Waals surface area (Å²) in [4.78, 5) is 18.7. The zero-order valence-electron chi connectivity index (χ0n) is 32.7. The molecule has 0 aliphatic carbocycles. The number of aromatic nitrogens is 4. The van der Waals surface area contributed by atoms with Gasteiger partial charge < -0.3 is 33.9 Å². The van der Waals surface area contributed by atoms with Crippen LogP contribution >= 0.6 is 8.60 Å². The third kappa shape index (κ3) is 20.4. The molecule has 0 fully saturated rings. The van der Waals surface area contributed by atoms with Gasteiger partial charge in [0.05, 0.1) is 32.5 Å². The largest absolute Gasteiger partial charge is 0.382 e. The third-order valence-corrected chi connectivity index (χ3v) is 9.97. The Morgan fingerprint density at radius 3 is 2.02 bits per heavy atom. The number of rotatable bonds is 32. The average molecular weight is 770 g/mol. The summed E-state index contributed by atoms with van der Waals surface area (Å²) in [6.07, 6.45) is 25.0. The Bertz CT molecular complexity index is 1420. The second kappa shape index (κ2) is 31.0. The van der Waals surface area contributed by atoms with Crippen molar-refractivity contribution in [2.45, 2.75) is 141 Å². The number of aryl methyl sites for hydroxylation is 1. The zero-order chi connectivity index (χ0) is 39.1. The van der Waals surface area contributed by atoms with Crippen LogP contribution < -0.4 is 5.73 Å². The quantitative estimate of drug-likeness (QED) is 0.0455. The lowest BCUT2D eigenvalue weighted by molar-refractivity contribution is -0.0489. The molecule has 3 atom stereocenters. The van der Waals surface area contributed by atoms with Crippen LogP contribution in [0.25, 0.3) is 5.52 Å². The third-order valence-electron chi connectivity index (χ3n) is 9.23. The number of unbranched alkanes of at least 4 members (excludes halogenated alkanes) is 15. The number of nitriles is 2. The number of ether oxygens (including phenoxy) is 3. The molecule has 3 unspecified atom stereocenters. The van der Waals surface area contributed by atoms with Crippen molar-refractivity contribution in [2.24, 2.45) is 0 Å². The van der Waals surface area contributed by atoms with Crippen LogP contribution in [0, 0.1) is 23.2 Å². The summed E-state index contributed by atoms with van der Waals surface area (Å²) < 4.78 is 30.7. The first-order valence-corrected chi connectivity index (χ1v) is 20.8. The molecule has 0 amide bonds. The van der Waals surface area contributed by atoms with E-state index in [1.54, 1.807) is 23.9 Å². The van der Waals surface area contributed by atoms with Gasteiger partial charge in [0, 0.05) is 32.2 Å². The number of pyridine rings is 1. The van der Waals surface area contributed by atoms with E-state index >= 15 is 0 Å². The summed E-state index contributed by atoms with van der Waals surface area (Å²) in [7, 11) is -0.544. The highest BCUT2D eigenvalue weighted by Gasteiger charge is 2.18. The Morgan fingerprint density at radius 1 is 0.833 bits per heavy atom. The molecule has 0 spiro atoms. The molecular formula is C40H64N7O6P. The number of methoxy groups -OCH3 is 1. The van der Waals surface area contributed by atoms with E-state index in [-0.39, 0.29) is 25.9 Å². The number of anilines is 1. The van der Waals surface area contributed by atoms with Crippen LogP contribution in [-0.2, 0) is 36.3 Å². The lowest BCUT2D eigenvalue weighted by Gasteiger charge is -2.21. The number of nitrogens with zero attached hydrogens (tertiary/aromatic N) is 6. The first-order valence-electron chi connectivity index (χ1n) is 19.7. The molecule has 13 nitrogen and oxygen atoms in total. The molecule has 0 saturated heterocycles. The highest BCUT2D eigenvalue weighted by atomic mass is 31.2. The SMILES string of the molecule is C#N.CCCCCCCCCCCCCCCCCCOCC(COP(O)OCC(CCc1ccc2c(N)ncnn12)OC)OCc1ccc(C#N)nc1. The lowest BCUT2D eigenvalue weighted by Crippen LogP contribution is -2.26.